The van der Waals surface area contributed by atoms with Gasteiger partial charge in [-0.25, -0.2) is 155 Å². The van der Waals surface area contributed by atoms with Gasteiger partial charge in [0.2, 0.25) is 0 Å². The summed E-state index contributed by atoms with van der Waals surface area (Å²) < 4.78 is 365. The van der Waals surface area contributed by atoms with E-state index in [1.54, 1.807) is 6.92 Å². The highest BCUT2D eigenvalue weighted by Gasteiger charge is 2.42. The van der Waals surface area contributed by atoms with Gasteiger partial charge >= 0.3 is 159 Å². The zero-order valence-corrected chi connectivity index (χ0v) is 71.8. The van der Waals surface area contributed by atoms with Crippen LogP contribution in [0.1, 0.15) is 20.8 Å². The van der Waals surface area contributed by atoms with Crippen LogP contribution in [0.2, 0.25) is 0 Å². The second-order valence-corrected chi connectivity index (χ2v) is 26.1. The van der Waals surface area contributed by atoms with Gasteiger partial charge in [0.05, 0.1) is 58.9 Å². The van der Waals surface area contributed by atoms with Crippen LogP contribution in [0, 0.1) is 0 Å². The number of allylic oxidation sites excluding steroid dienone is 15. The van der Waals surface area contributed by atoms with E-state index in [2.05, 4.69) is 73.4 Å². The van der Waals surface area contributed by atoms with Gasteiger partial charge in [0.25, 0.3) is 0 Å². The van der Waals surface area contributed by atoms with Gasteiger partial charge in [-0.1, -0.05) is 108 Å². The third-order valence-corrected chi connectivity index (χ3v) is 15.8. The van der Waals surface area contributed by atoms with E-state index in [-0.39, 0.29) is 82.9 Å². The van der Waals surface area contributed by atoms with Crippen LogP contribution >= 0.6 is 0 Å². The molecular weight excluding hydrogens is 2010 g/mol. The lowest BCUT2D eigenvalue weighted by molar-refractivity contribution is -0.0949. The highest BCUT2D eigenvalue weighted by atomic mass is 19.4. The van der Waals surface area contributed by atoms with E-state index in [0.29, 0.717) is 39.6 Å². The van der Waals surface area contributed by atoms with Crippen molar-refractivity contribution in [2.45, 2.75) is 135 Å². The van der Waals surface area contributed by atoms with Crippen molar-refractivity contribution in [3.8, 4) is 0 Å². The molecule has 5 aromatic rings. The van der Waals surface area contributed by atoms with Crippen molar-refractivity contribution in [3.05, 3.63) is 306 Å². The predicted octanol–water partition coefficient (Wildman–Crippen LogP) is 8.16. The van der Waals surface area contributed by atoms with E-state index in [4.69, 9.17) is 14.2 Å². The highest BCUT2D eigenvalue weighted by molar-refractivity contribution is 5.60. The Bertz CT molecular complexity index is 6190. The molecule has 0 radical (unpaired) electrons. The van der Waals surface area contributed by atoms with Crippen molar-refractivity contribution >= 4 is 54.2 Å². The standard InChI is InChI=1S/C21H27N3O12.C15H12F9N3O3.C15H15F6N3O3.2C12H9F6N3O3/c1-4-10-31-19(28)34-13-7-22-16(25)23(8-14-35-20(29)32-11-5-2)18(27)24(17(22)26)9-15-36-21(30)33-12-6-3;1-7(13(16,17)18)4-25-10(28)26(5-8(2)14(19,20)21)12(30)27(11(25)29)6-9(3)15(22,23)24;1-2-3-8-22-11(25)23(9-4-6-14(16,17)18)13(27)24(12(22)26)10-5-7-15(19,20)21;1-5(2)19-8(22)20(6(3)11(13,14)15)10(24)21(9(19)23)7(4)12(16,17)18;1-2-5-19-8(22)20(6-3-11(13,14)15)10(24)21(9(19)23)7-4-12(16,17)18/h4-6H,1-3,7-15H2;1-6H2;2-7H,8-10H2,1H3;1,3-4H2,2H3;2-7H,1H3/b;;3-2+,6-4+,7-5+;;5-2+,6-3-,7-4+. The summed E-state index contributed by atoms with van der Waals surface area (Å²) in [5.41, 5.74) is -33.0. The molecule has 0 saturated heterocycles. The number of carbonyl (C=O) groups excluding carboxylic acids is 3. The van der Waals surface area contributed by atoms with Crippen LogP contribution in [-0.4, -0.2) is 182 Å². The minimum absolute atomic E-state index is 0.0159. The molecule has 0 aliphatic carbocycles. The molecular formula is C75H72F27N15O24. The first kappa shape index (κ1) is 123. The molecule has 5 aromatic heterocycles. The Kier molecular flexibility index (Phi) is 44.9. The predicted molar refractivity (Wildman–Crippen MR) is 437 cm³/mol. The van der Waals surface area contributed by atoms with Crippen LogP contribution in [0.3, 0.4) is 0 Å². The molecule has 780 valence electrons. The summed E-state index contributed by atoms with van der Waals surface area (Å²) in [4.78, 5) is 217. The summed E-state index contributed by atoms with van der Waals surface area (Å²) in [7, 11) is 0. The number of aromatic nitrogens is 15. The molecule has 0 spiro atoms. The largest absolute Gasteiger partial charge is 0.508 e. The van der Waals surface area contributed by atoms with Crippen LogP contribution in [0.25, 0.3) is 35.7 Å². The summed E-state index contributed by atoms with van der Waals surface area (Å²) in [6, 6.07) is 0. The molecule has 5 rings (SSSR count). The molecule has 141 heavy (non-hydrogen) atoms. The second-order valence-electron chi connectivity index (χ2n) is 26.1. The normalized spacial score (nSPS) is 12.2. The van der Waals surface area contributed by atoms with Gasteiger partial charge in [0, 0.05) is 65.3 Å². The van der Waals surface area contributed by atoms with Crippen molar-refractivity contribution in [1.29, 1.82) is 0 Å². The van der Waals surface area contributed by atoms with Crippen LogP contribution in [0.4, 0.5) is 133 Å². The average Bonchev–Trinajstić information content (AvgIpc) is 0.788. The highest BCUT2D eigenvalue weighted by Crippen LogP contribution is 2.30. The van der Waals surface area contributed by atoms with Crippen molar-refractivity contribution < 1.29 is 161 Å². The van der Waals surface area contributed by atoms with Gasteiger partial charge in [-0.05, 0) is 20.8 Å². The van der Waals surface area contributed by atoms with Gasteiger partial charge in [0.15, 0.2) is 0 Å². The third kappa shape index (κ3) is 37.8. The number of alkyl halides is 27. The van der Waals surface area contributed by atoms with E-state index in [1.165, 1.54) is 37.3 Å². The number of hydrogen-bond donors (Lipinski definition) is 0. The van der Waals surface area contributed by atoms with Gasteiger partial charge in [-0.2, -0.15) is 119 Å². The first-order valence-corrected chi connectivity index (χ1v) is 37.1. The van der Waals surface area contributed by atoms with Gasteiger partial charge in [0.1, 0.15) is 51.0 Å². The van der Waals surface area contributed by atoms with Gasteiger partial charge < -0.3 is 28.4 Å². The zero-order valence-electron chi connectivity index (χ0n) is 71.8. The zero-order chi connectivity index (χ0) is 109. The van der Waals surface area contributed by atoms with Gasteiger partial charge in [-0.15, -0.1) is 0 Å². The topological polar surface area (TPSA) is 437 Å². The van der Waals surface area contributed by atoms with Crippen LogP contribution in [0.15, 0.2) is 221 Å². The number of rotatable bonds is 33. The van der Waals surface area contributed by atoms with Crippen molar-refractivity contribution in [3.63, 3.8) is 0 Å². The summed E-state index contributed by atoms with van der Waals surface area (Å²) in [5.74, 6) is 0. The lowest BCUT2D eigenvalue weighted by Crippen LogP contribution is -2.55. The SMILES string of the molecule is C/C=C/Cn1c(=O)n(C/C=C/C(F)(F)F)c(=O)n(C/C=C/C(F)(F)F)c1=O.C/C=C/n1c(=O)n(/C=C\C(F)(F)F)c(=O)n(/C=C/C(F)(F)F)c1=O.C=C(C)n1c(=O)n(C(=C)C(F)(F)F)c(=O)n(C(=C)C(F)(F)F)c1=O.C=C(Cn1c(=O)n(CC(=C)C(F)(F)F)c(=O)n(CC(=C)C(F)(F)F)c1=O)C(F)(F)F.C=CCOC(=O)OCCn1c(=O)n(CCOC(=O)OCC=C)c(=O)n(CCOC(=O)OCC=C)c1=O. The number of ether oxygens (including phenoxy) is 6. The molecule has 0 N–H and O–H groups in total. The molecule has 0 amide bonds. The molecule has 0 fully saturated rings. The van der Waals surface area contributed by atoms with E-state index in [0.717, 1.165) is 19.2 Å². The molecule has 0 bridgehead atoms. The summed E-state index contributed by atoms with van der Waals surface area (Å²) in [5, 5.41) is 0. The van der Waals surface area contributed by atoms with Crippen molar-refractivity contribution in [2.24, 2.45) is 0 Å². The van der Waals surface area contributed by atoms with E-state index < -0.39 is 287 Å². The molecule has 0 unspecified atom stereocenters. The fourth-order valence-corrected chi connectivity index (χ4v) is 9.33. The minimum Gasteiger partial charge on any atom is -0.432 e. The van der Waals surface area contributed by atoms with Crippen LogP contribution in [0.5, 0.6) is 0 Å². The molecule has 39 nitrogen and oxygen atoms in total. The quantitative estimate of drug-likeness (QED) is 0.0165. The maximum Gasteiger partial charge on any atom is 0.508 e. The molecule has 0 saturated carbocycles. The Morgan fingerprint density at radius 1 is 0.277 bits per heavy atom. The number of hydrogen-bond acceptors (Lipinski definition) is 24. The first-order valence-electron chi connectivity index (χ1n) is 37.1. The average molecular weight is 2080 g/mol. The fourth-order valence-electron chi connectivity index (χ4n) is 9.33. The summed E-state index contributed by atoms with van der Waals surface area (Å²) in [6.07, 6.45) is -40.1. The van der Waals surface area contributed by atoms with E-state index in [9.17, 15) is 205 Å². The first-order chi connectivity index (χ1) is 64.4. The lowest BCUT2D eigenvalue weighted by Gasteiger charge is -2.18. The molecule has 0 atom stereocenters. The van der Waals surface area contributed by atoms with Gasteiger partial charge in [-0.3, -0.25) is 0 Å². The smallest absolute Gasteiger partial charge is 0.432 e. The third-order valence-electron chi connectivity index (χ3n) is 15.8. The molecule has 5 heterocycles. The molecule has 0 aromatic carbocycles. The lowest BCUT2D eigenvalue weighted by atomic mass is 10.3. The summed E-state index contributed by atoms with van der Waals surface area (Å²) >= 11 is 0. The Morgan fingerprint density at radius 2 is 0.504 bits per heavy atom. The Labute approximate surface area is 763 Å². The molecule has 0 aliphatic heterocycles. The molecule has 66 heteroatoms. The number of halogens is 27. The summed E-state index contributed by atoms with van der Waals surface area (Å²) in [6.45, 7) is 19.9. The Balaban J connectivity index is 0.000000888. The van der Waals surface area contributed by atoms with E-state index in [1.807, 2.05) is 0 Å². The monoisotopic (exact) mass is 2080 g/mol. The number of carbonyl (C=O) groups is 3. The second kappa shape index (κ2) is 51.5. The van der Waals surface area contributed by atoms with E-state index >= 15 is 0 Å². The maximum atomic E-state index is 12.8. The van der Waals surface area contributed by atoms with Crippen molar-refractivity contribution in [2.75, 3.05) is 39.6 Å². The minimum atomic E-state index is -5.32. The Morgan fingerprint density at radius 3 is 0.716 bits per heavy atom. The number of nitrogens with zero attached hydrogens (tertiary/aromatic N) is 15. The molecule has 0 aliphatic rings. The van der Waals surface area contributed by atoms with Crippen LogP contribution in [-0.2, 0) is 87.3 Å². The maximum absolute atomic E-state index is 12.8. The fraction of sp³-hybridized carbons (Fsp3) is 0.360. The van der Waals surface area contributed by atoms with Crippen molar-refractivity contribution in [1.82, 2.24) is 68.5 Å². The Hall–Kier alpha value is -15.9. The van der Waals surface area contributed by atoms with Crippen LogP contribution < -0.4 is 85.3 Å².